The van der Waals surface area contributed by atoms with Crippen molar-refractivity contribution in [2.75, 3.05) is 0 Å². The zero-order valence-corrected chi connectivity index (χ0v) is 22.3. The number of H-pyrrole nitrogens is 1. The van der Waals surface area contributed by atoms with Crippen molar-refractivity contribution in [2.45, 2.75) is 96.6 Å². The molecule has 3 aliphatic rings. The number of aromatic nitrogens is 2. The zero-order chi connectivity index (χ0) is 25.6. The van der Waals surface area contributed by atoms with E-state index >= 15 is 0 Å². The molecule has 2 aromatic carbocycles. The molecule has 1 amide bonds. The molecule has 8 heteroatoms. The van der Waals surface area contributed by atoms with Crippen LogP contribution in [0.2, 0.25) is 0 Å². The van der Waals surface area contributed by atoms with Crippen molar-refractivity contribution >= 4 is 40.5 Å². The van der Waals surface area contributed by atoms with E-state index in [1.54, 1.807) is 0 Å². The van der Waals surface area contributed by atoms with Crippen molar-refractivity contribution in [1.29, 1.82) is 0 Å². The SMILES string of the molecule is CC(C)(C)OC(=O)N1C2CCC(C2)C1c1nc2c(ccc3cc(B4OC(C)(C)C(C)(C)O4)ccc32)[nH]1. The maximum Gasteiger partial charge on any atom is 0.494 e. The zero-order valence-electron chi connectivity index (χ0n) is 22.3. The number of carbonyl (C=O) groups excluding carboxylic acids is 1. The molecule has 1 saturated carbocycles. The minimum atomic E-state index is -0.525. The van der Waals surface area contributed by atoms with Gasteiger partial charge in [0.2, 0.25) is 0 Å². The third-order valence-electron chi connectivity index (χ3n) is 8.51. The van der Waals surface area contributed by atoms with Crippen LogP contribution in [0.4, 0.5) is 4.79 Å². The largest absolute Gasteiger partial charge is 0.494 e. The maximum atomic E-state index is 13.2. The van der Waals surface area contributed by atoms with Gasteiger partial charge in [-0.05, 0) is 90.6 Å². The summed E-state index contributed by atoms with van der Waals surface area (Å²) in [4.78, 5) is 23.7. The number of ether oxygens (including phenoxy) is 1. The average molecular weight is 489 g/mol. The molecule has 36 heavy (non-hydrogen) atoms. The number of nitrogens with one attached hydrogen (secondary N) is 1. The van der Waals surface area contributed by atoms with Crippen LogP contribution in [-0.2, 0) is 14.0 Å². The first kappa shape index (κ1) is 23.8. The van der Waals surface area contributed by atoms with Crippen molar-refractivity contribution in [3.05, 3.63) is 36.2 Å². The molecule has 1 aliphatic carbocycles. The standard InChI is InChI=1S/C28H36BN3O4/c1-26(2,3)34-25(33)32-19-11-8-17(15-19)23(32)24-30-21-13-9-16-14-18(10-12-20(16)22(21)31-24)29-35-27(4,5)28(6,7)36-29/h9-10,12-14,17,19,23H,8,11,15H2,1-7H3,(H,30,31). The summed E-state index contributed by atoms with van der Waals surface area (Å²) in [6.45, 7) is 14.0. The Kier molecular flexibility index (Phi) is 5.10. The molecule has 2 bridgehead atoms. The molecule has 190 valence electrons. The predicted molar refractivity (Wildman–Crippen MR) is 141 cm³/mol. The molecular formula is C28H36BN3O4. The van der Waals surface area contributed by atoms with E-state index in [0.29, 0.717) is 5.92 Å². The molecule has 3 atom stereocenters. The van der Waals surface area contributed by atoms with Gasteiger partial charge in [-0.1, -0.05) is 24.3 Å². The number of hydrogen-bond donors (Lipinski definition) is 1. The summed E-state index contributed by atoms with van der Waals surface area (Å²) < 4.78 is 18.3. The van der Waals surface area contributed by atoms with Gasteiger partial charge >= 0.3 is 13.2 Å². The molecular weight excluding hydrogens is 453 g/mol. The van der Waals surface area contributed by atoms with E-state index in [0.717, 1.165) is 52.4 Å². The van der Waals surface area contributed by atoms with Crippen LogP contribution in [0.1, 0.15) is 79.6 Å². The number of benzene rings is 2. The monoisotopic (exact) mass is 489 g/mol. The van der Waals surface area contributed by atoms with Crippen LogP contribution in [0.25, 0.3) is 21.8 Å². The van der Waals surface area contributed by atoms with E-state index in [1.165, 1.54) is 0 Å². The number of rotatable bonds is 2. The van der Waals surface area contributed by atoms with Crippen molar-refractivity contribution in [3.8, 4) is 0 Å². The second-order valence-corrected chi connectivity index (χ2v) is 12.7. The normalized spacial score (nSPS) is 26.9. The summed E-state index contributed by atoms with van der Waals surface area (Å²) >= 11 is 0. The van der Waals surface area contributed by atoms with Crippen molar-refractivity contribution in [2.24, 2.45) is 5.92 Å². The van der Waals surface area contributed by atoms with Crippen LogP contribution in [0, 0.1) is 5.92 Å². The lowest BCUT2D eigenvalue weighted by atomic mass is 9.78. The van der Waals surface area contributed by atoms with E-state index in [2.05, 4.69) is 63.0 Å². The Labute approximate surface area is 213 Å². The van der Waals surface area contributed by atoms with Crippen LogP contribution in [0.3, 0.4) is 0 Å². The maximum absolute atomic E-state index is 13.2. The molecule has 0 spiro atoms. The number of aromatic amines is 1. The summed E-state index contributed by atoms with van der Waals surface area (Å²) in [5.74, 6) is 1.26. The summed E-state index contributed by atoms with van der Waals surface area (Å²) in [5, 5.41) is 2.16. The highest BCUT2D eigenvalue weighted by molar-refractivity contribution is 6.62. The molecule has 3 unspecified atom stereocenters. The molecule has 0 radical (unpaired) electrons. The second kappa shape index (κ2) is 7.71. The van der Waals surface area contributed by atoms with Crippen LogP contribution >= 0.6 is 0 Å². The number of carbonyl (C=O) groups is 1. The fraction of sp³-hybridized carbons (Fsp3) is 0.571. The van der Waals surface area contributed by atoms with Gasteiger partial charge in [-0.2, -0.15) is 0 Å². The Balaban J connectivity index is 1.35. The van der Waals surface area contributed by atoms with Gasteiger partial charge < -0.3 is 19.0 Å². The number of imidazole rings is 1. The number of fused-ring (bicyclic) bond motifs is 5. The van der Waals surface area contributed by atoms with Gasteiger partial charge in [-0.25, -0.2) is 9.78 Å². The molecule has 2 aliphatic heterocycles. The van der Waals surface area contributed by atoms with Crippen LogP contribution in [-0.4, -0.2) is 50.9 Å². The number of hydrogen-bond acceptors (Lipinski definition) is 5. The summed E-state index contributed by atoms with van der Waals surface area (Å²) in [7, 11) is -0.402. The minimum absolute atomic E-state index is 0.0786. The van der Waals surface area contributed by atoms with Gasteiger partial charge in [0.1, 0.15) is 11.4 Å². The van der Waals surface area contributed by atoms with Crippen molar-refractivity contribution in [3.63, 3.8) is 0 Å². The lowest BCUT2D eigenvalue weighted by Gasteiger charge is -2.35. The molecule has 3 aromatic rings. The van der Waals surface area contributed by atoms with Gasteiger partial charge in [0.05, 0.1) is 28.3 Å². The molecule has 1 N–H and O–H groups in total. The highest BCUT2D eigenvalue weighted by Crippen LogP contribution is 2.50. The first-order valence-electron chi connectivity index (χ1n) is 13.1. The Morgan fingerprint density at radius 2 is 1.83 bits per heavy atom. The topological polar surface area (TPSA) is 76.7 Å². The van der Waals surface area contributed by atoms with E-state index in [-0.39, 0.29) is 29.4 Å². The van der Waals surface area contributed by atoms with Crippen LogP contribution in [0.5, 0.6) is 0 Å². The quantitative estimate of drug-likeness (QED) is 0.483. The first-order chi connectivity index (χ1) is 16.8. The summed E-state index contributed by atoms with van der Waals surface area (Å²) in [5.41, 5.74) is 1.62. The molecule has 2 saturated heterocycles. The van der Waals surface area contributed by atoms with Gasteiger partial charge in [0.25, 0.3) is 0 Å². The lowest BCUT2D eigenvalue weighted by molar-refractivity contribution is 0.00578. The van der Waals surface area contributed by atoms with Crippen LogP contribution < -0.4 is 5.46 Å². The number of piperidine rings is 1. The molecule has 3 fully saturated rings. The van der Waals surface area contributed by atoms with E-state index in [4.69, 9.17) is 19.0 Å². The Morgan fingerprint density at radius 1 is 1.11 bits per heavy atom. The Morgan fingerprint density at radius 3 is 2.53 bits per heavy atom. The fourth-order valence-electron chi connectivity index (χ4n) is 6.02. The van der Waals surface area contributed by atoms with Gasteiger partial charge in [-0.3, -0.25) is 4.90 Å². The van der Waals surface area contributed by atoms with Gasteiger partial charge in [-0.15, -0.1) is 0 Å². The second-order valence-electron chi connectivity index (χ2n) is 12.7. The number of amides is 1. The third-order valence-corrected chi connectivity index (χ3v) is 8.51. The van der Waals surface area contributed by atoms with Crippen molar-refractivity contribution in [1.82, 2.24) is 14.9 Å². The van der Waals surface area contributed by atoms with Gasteiger partial charge in [0.15, 0.2) is 0 Å². The fourth-order valence-corrected chi connectivity index (χ4v) is 6.02. The molecule has 3 heterocycles. The molecule has 1 aromatic heterocycles. The smallest absolute Gasteiger partial charge is 0.444 e. The lowest BCUT2D eigenvalue weighted by Crippen LogP contribution is -2.43. The highest BCUT2D eigenvalue weighted by atomic mass is 16.7. The van der Waals surface area contributed by atoms with E-state index in [1.807, 2.05) is 25.7 Å². The number of likely N-dealkylation sites (tertiary alicyclic amines) is 1. The van der Waals surface area contributed by atoms with E-state index in [9.17, 15) is 4.79 Å². The Hall–Kier alpha value is -2.58. The summed E-state index contributed by atoms with van der Waals surface area (Å²) in [6, 6.07) is 10.6. The minimum Gasteiger partial charge on any atom is -0.444 e. The third kappa shape index (κ3) is 3.72. The first-order valence-corrected chi connectivity index (χ1v) is 13.1. The predicted octanol–water partition coefficient (Wildman–Crippen LogP) is 5.48. The highest BCUT2D eigenvalue weighted by Gasteiger charge is 2.52. The average Bonchev–Trinajstić information content (AvgIpc) is 3.53. The van der Waals surface area contributed by atoms with Crippen molar-refractivity contribution < 1.29 is 18.8 Å². The van der Waals surface area contributed by atoms with Crippen LogP contribution in [0.15, 0.2) is 30.3 Å². The summed E-state index contributed by atoms with van der Waals surface area (Å²) in [6.07, 6.45) is 2.92. The number of nitrogens with zero attached hydrogens (tertiary/aromatic N) is 2. The van der Waals surface area contributed by atoms with Gasteiger partial charge in [0, 0.05) is 11.4 Å². The Bertz CT molecular complexity index is 1340. The molecule has 6 rings (SSSR count). The van der Waals surface area contributed by atoms with E-state index < -0.39 is 12.7 Å². The molecule has 7 nitrogen and oxygen atoms in total.